The van der Waals surface area contributed by atoms with E-state index in [2.05, 4.69) is 10.1 Å². The molecule has 0 radical (unpaired) electrons. The van der Waals surface area contributed by atoms with E-state index in [1.165, 1.54) is 41.5 Å². The van der Waals surface area contributed by atoms with Crippen LogP contribution in [0.1, 0.15) is 62.3 Å². The van der Waals surface area contributed by atoms with Gasteiger partial charge in [0.25, 0.3) is 5.56 Å². The van der Waals surface area contributed by atoms with Crippen LogP contribution in [0.2, 0.25) is 13.1 Å². The third-order valence-corrected chi connectivity index (χ3v) is 6.47. The van der Waals surface area contributed by atoms with Crippen LogP contribution >= 0.6 is 0 Å². The van der Waals surface area contributed by atoms with E-state index in [1.807, 2.05) is 0 Å². The molecular formula is C24H37F3N2O7Si. The highest BCUT2D eigenvalue weighted by Crippen LogP contribution is 2.49. The summed E-state index contributed by atoms with van der Waals surface area (Å²) in [5.74, 6) is -5.89. The number of rotatable bonds is 10. The summed E-state index contributed by atoms with van der Waals surface area (Å²) < 4.78 is 59.6. The quantitative estimate of drug-likeness (QED) is 0.270. The van der Waals surface area contributed by atoms with E-state index in [0.717, 1.165) is 23.9 Å². The number of hydrogen-bond donors (Lipinski definition) is 1. The maximum Gasteiger partial charge on any atom is 0.396 e. The van der Waals surface area contributed by atoms with Gasteiger partial charge in [0, 0.05) is 12.1 Å². The molecule has 210 valence electrons. The molecule has 0 aliphatic carbocycles. The summed E-state index contributed by atoms with van der Waals surface area (Å²) in [5.41, 5.74) is -5.51. The molecule has 9 nitrogen and oxygen atoms in total. The fourth-order valence-electron chi connectivity index (χ4n) is 4.34. The molecule has 1 amide bonds. The number of carbonyl (C=O) groups excluding carboxylic acids is 3. The number of pyridine rings is 1. The Hall–Kier alpha value is -2.67. The van der Waals surface area contributed by atoms with Crippen LogP contribution in [0, 0.1) is 17.3 Å². The maximum atomic E-state index is 14.5. The van der Waals surface area contributed by atoms with Gasteiger partial charge in [-0.25, -0.2) is 9.59 Å². The summed E-state index contributed by atoms with van der Waals surface area (Å²) in [5, 5.41) is 2.46. The second-order valence-electron chi connectivity index (χ2n) is 10.3. The molecule has 1 N–H and O–H groups in total. The number of hydrogen-bond acceptors (Lipinski definition) is 7. The van der Waals surface area contributed by atoms with Crippen LogP contribution in [0.5, 0.6) is 0 Å². The van der Waals surface area contributed by atoms with Crippen molar-refractivity contribution in [3.05, 3.63) is 33.7 Å². The lowest BCUT2D eigenvalue weighted by atomic mass is 9.70. The van der Waals surface area contributed by atoms with Crippen LogP contribution in [-0.2, 0) is 25.2 Å². The van der Waals surface area contributed by atoms with Crippen LogP contribution in [-0.4, -0.2) is 57.1 Å². The van der Waals surface area contributed by atoms with Gasteiger partial charge < -0.3 is 23.8 Å². The molecule has 1 rings (SSSR count). The van der Waals surface area contributed by atoms with Gasteiger partial charge in [-0.05, 0) is 31.5 Å². The molecule has 0 spiro atoms. The molecule has 0 aliphatic heterocycles. The normalized spacial score (nSPS) is 14.8. The Morgan fingerprint density at radius 3 is 2.08 bits per heavy atom. The molecule has 1 aromatic rings. The molecule has 2 unspecified atom stereocenters. The van der Waals surface area contributed by atoms with Gasteiger partial charge in [-0.1, -0.05) is 34.6 Å². The average Bonchev–Trinajstić information content (AvgIpc) is 2.71. The highest BCUT2D eigenvalue weighted by Gasteiger charge is 2.61. The number of alkyl halides is 3. The van der Waals surface area contributed by atoms with Crippen LogP contribution in [0.4, 0.5) is 13.2 Å². The van der Waals surface area contributed by atoms with Crippen molar-refractivity contribution in [3.63, 3.8) is 0 Å². The Labute approximate surface area is 216 Å². The lowest BCUT2D eigenvalue weighted by Crippen LogP contribution is -2.67. The van der Waals surface area contributed by atoms with Crippen molar-refractivity contribution in [2.45, 2.75) is 73.1 Å². The van der Waals surface area contributed by atoms with Crippen molar-refractivity contribution >= 4 is 26.9 Å². The minimum absolute atomic E-state index is 0.0183. The predicted molar refractivity (Wildman–Crippen MR) is 133 cm³/mol. The average molecular weight is 551 g/mol. The molecule has 0 bridgehead atoms. The summed E-state index contributed by atoms with van der Waals surface area (Å²) in [7, 11) is -1.14. The second kappa shape index (κ2) is 12.2. The van der Waals surface area contributed by atoms with Gasteiger partial charge in [0.05, 0.1) is 19.3 Å². The lowest BCUT2D eigenvalue weighted by molar-refractivity contribution is -0.265. The molecular weight excluding hydrogens is 513 g/mol. The first-order valence-corrected chi connectivity index (χ1v) is 14.7. The van der Waals surface area contributed by atoms with Gasteiger partial charge in [-0.2, -0.15) is 13.2 Å². The van der Waals surface area contributed by atoms with E-state index in [0.29, 0.717) is 0 Å². The number of nitrogens with one attached hydrogen (secondary N) is 1. The van der Waals surface area contributed by atoms with E-state index in [9.17, 15) is 32.3 Å². The number of esters is 2. The zero-order valence-electron chi connectivity index (χ0n) is 22.7. The van der Waals surface area contributed by atoms with Crippen molar-refractivity contribution in [3.8, 4) is 0 Å². The molecule has 13 heteroatoms. The minimum Gasteiger partial charge on any atom is -0.465 e. The van der Waals surface area contributed by atoms with Crippen molar-refractivity contribution in [2.75, 3.05) is 13.7 Å². The minimum atomic E-state index is -4.73. The van der Waals surface area contributed by atoms with Gasteiger partial charge in [0.1, 0.15) is 23.8 Å². The Morgan fingerprint density at radius 2 is 1.68 bits per heavy atom. The smallest absolute Gasteiger partial charge is 0.396 e. The Bertz CT molecular complexity index is 1030. The molecule has 0 fully saturated rings. The molecule has 0 aliphatic rings. The third-order valence-electron chi connectivity index (χ3n) is 5.61. The number of ether oxygens (including phenoxy) is 2. The van der Waals surface area contributed by atoms with Gasteiger partial charge in [0.15, 0.2) is 9.04 Å². The van der Waals surface area contributed by atoms with Gasteiger partial charge >= 0.3 is 18.1 Å². The van der Waals surface area contributed by atoms with Gasteiger partial charge in [0.2, 0.25) is 5.91 Å². The van der Waals surface area contributed by atoms with Crippen molar-refractivity contribution in [1.82, 2.24) is 9.88 Å². The predicted octanol–water partition coefficient (Wildman–Crippen LogP) is 3.50. The molecule has 0 saturated carbocycles. The lowest BCUT2D eigenvalue weighted by Gasteiger charge is -2.51. The zero-order chi connectivity index (χ0) is 28.9. The van der Waals surface area contributed by atoms with Crippen molar-refractivity contribution in [2.24, 2.45) is 17.3 Å². The summed E-state index contributed by atoms with van der Waals surface area (Å²) >= 11 is 0. The van der Waals surface area contributed by atoms with Gasteiger partial charge in [-0.15, -0.1) is 0 Å². The van der Waals surface area contributed by atoms with E-state index in [1.54, 1.807) is 13.1 Å². The monoisotopic (exact) mass is 550 g/mol. The molecule has 1 heterocycles. The largest absolute Gasteiger partial charge is 0.465 e. The highest BCUT2D eigenvalue weighted by atomic mass is 28.3. The number of methoxy groups -OCH3 is 1. The molecule has 0 saturated heterocycles. The Morgan fingerprint density at radius 1 is 1.11 bits per heavy atom. The first-order valence-electron chi connectivity index (χ1n) is 11.9. The number of nitrogens with zero attached hydrogens (tertiary/aromatic N) is 1. The summed E-state index contributed by atoms with van der Waals surface area (Å²) in [4.78, 5) is 50.7. The standard InChI is InChI=1S/C24H37F3N2O7Si/c1-10-35-19(32)15-11-12-29(18(31)17(15)20(33)34-7)13-16(30)28-23(14(2)3,36-37(8)9)21(22(4,5)6)24(25,26)27/h11-12,14,21,37H,10,13H2,1-9H3,(H,28,30). The fourth-order valence-corrected chi connectivity index (χ4v) is 5.59. The zero-order valence-corrected chi connectivity index (χ0v) is 23.9. The van der Waals surface area contributed by atoms with Crippen molar-refractivity contribution < 1.29 is 41.5 Å². The van der Waals surface area contributed by atoms with Crippen LogP contribution in [0.25, 0.3) is 0 Å². The van der Waals surface area contributed by atoms with E-state index in [-0.39, 0.29) is 12.2 Å². The third kappa shape index (κ3) is 7.66. The number of halogens is 3. The summed E-state index contributed by atoms with van der Waals surface area (Å²) in [6.45, 7) is 11.5. The Balaban J connectivity index is 3.62. The number of aromatic nitrogens is 1. The molecule has 2 atom stereocenters. The second-order valence-corrected chi connectivity index (χ2v) is 12.6. The maximum absolute atomic E-state index is 14.5. The SMILES string of the molecule is CCOC(=O)c1ccn(CC(=O)NC(O[SiH](C)C)(C(C)C)C(C(C)(C)C)C(F)(F)F)c(=O)c1C(=O)OC. The van der Waals surface area contributed by atoms with Crippen LogP contribution < -0.4 is 10.9 Å². The molecule has 1 aromatic heterocycles. The van der Waals surface area contributed by atoms with Crippen LogP contribution in [0.3, 0.4) is 0 Å². The van der Waals surface area contributed by atoms with E-state index in [4.69, 9.17) is 9.16 Å². The van der Waals surface area contributed by atoms with Gasteiger partial charge in [-0.3, -0.25) is 9.59 Å². The van der Waals surface area contributed by atoms with Crippen LogP contribution in [0.15, 0.2) is 17.1 Å². The topological polar surface area (TPSA) is 113 Å². The van der Waals surface area contributed by atoms with E-state index >= 15 is 0 Å². The first-order chi connectivity index (χ1) is 16.8. The van der Waals surface area contributed by atoms with E-state index < -0.39 is 73.7 Å². The molecule has 37 heavy (non-hydrogen) atoms. The Kier molecular flexibility index (Phi) is 10.7. The summed E-state index contributed by atoms with van der Waals surface area (Å²) in [6, 6.07) is 1.11. The molecule has 0 aromatic carbocycles. The number of amides is 1. The number of carbonyl (C=O) groups is 3. The highest BCUT2D eigenvalue weighted by molar-refractivity contribution is 6.48. The fraction of sp³-hybridized carbons (Fsp3) is 0.667. The van der Waals surface area contributed by atoms with Crippen molar-refractivity contribution in [1.29, 1.82) is 0 Å². The summed E-state index contributed by atoms with van der Waals surface area (Å²) in [6.07, 6.45) is -3.64. The first kappa shape index (κ1) is 32.4.